The SMILES string of the molecule is CC(C)(CNCc1c(F)cccc1Cl)NC(=O)OC(C)(C)C. The Labute approximate surface area is 136 Å². The predicted molar refractivity (Wildman–Crippen MR) is 86.6 cm³/mol. The van der Waals surface area contributed by atoms with Gasteiger partial charge in [-0.3, -0.25) is 0 Å². The summed E-state index contributed by atoms with van der Waals surface area (Å²) in [7, 11) is 0. The molecule has 22 heavy (non-hydrogen) atoms. The third-order valence-corrected chi connectivity index (χ3v) is 3.12. The van der Waals surface area contributed by atoms with Gasteiger partial charge in [0.15, 0.2) is 0 Å². The number of amides is 1. The fourth-order valence-electron chi connectivity index (χ4n) is 1.83. The monoisotopic (exact) mass is 330 g/mol. The number of halogens is 2. The standard InChI is InChI=1S/C16H24ClFN2O2/c1-15(2,3)22-14(21)20-16(4,5)10-19-9-11-12(17)7-6-8-13(11)18/h6-8,19H,9-10H2,1-5H3,(H,20,21). The Morgan fingerprint density at radius 1 is 1.27 bits per heavy atom. The highest BCUT2D eigenvalue weighted by atomic mass is 35.5. The largest absolute Gasteiger partial charge is 0.444 e. The number of hydrogen-bond donors (Lipinski definition) is 2. The lowest BCUT2D eigenvalue weighted by atomic mass is 10.1. The fraction of sp³-hybridized carbons (Fsp3) is 0.562. The van der Waals surface area contributed by atoms with E-state index in [1.165, 1.54) is 6.07 Å². The lowest BCUT2D eigenvalue weighted by Crippen LogP contribution is -2.51. The predicted octanol–water partition coefficient (Wildman–Crippen LogP) is 3.87. The molecule has 0 unspecified atom stereocenters. The topological polar surface area (TPSA) is 50.4 Å². The van der Waals surface area contributed by atoms with Gasteiger partial charge in [-0.05, 0) is 46.8 Å². The zero-order valence-corrected chi connectivity index (χ0v) is 14.5. The van der Waals surface area contributed by atoms with E-state index < -0.39 is 17.2 Å². The normalized spacial score (nSPS) is 12.1. The summed E-state index contributed by atoms with van der Waals surface area (Å²) >= 11 is 5.97. The average Bonchev–Trinajstić information content (AvgIpc) is 2.29. The highest BCUT2D eigenvalue weighted by Crippen LogP contribution is 2.18. The van der Waals surface area contributed by atoms with Crippen LogP contribution in [0.25, 0.3) is 0 Å². The molecule has 0 aromatic heterocycles. The summed E-state index contributed by atoms with van der Waals surface area (Å²) in [4.78, 5) is 11.8. The van der Waals surface area contributed by atoms with Crippen molar-refractivity contribution in [2.75, 3.05) is 6.54 Å². The lowest BCUT2D eigenvalue weighted by Gasteiger charge is -2.29. The Balaban J connectivity index is 2.51. The van der Waals surface area contributed by atoms with Gasteiger partial charge in [-0.15, -0.1) is 0 Å². The Kier molecular flexibility index (Phi) is 6.20. The Morgan fingerprint density at radius 2 is 1.91 bits per heavy atom. The van der Waals surface area contributed by atoms with Gasteiger partial charge in [0.2, 0.25) is 0 Å². The molecule has 2 N–H and O–H groups in total. The van der Waals surface area contributed by atoms with Crippen molar-refractivity contribution in [2.45, 2.75) is 52.3 Å². The molecule has 1 aromatic carbocycles. The first-order valence-corrected chi connectivity index (χ1v) is 7.53. The molecule has 0 atom stereocenters. The van der Waals surface area contributed by atoms with Gasteiger partial charge in [-0.1, -0.05) is 17.7 Å². The van der Waals surface area contributed by atoms with Crippen LogP contribution < -0.4 is 10.6 Å². The molecule has 0 heterocycles. The van der Waals surface area contributed by atoms with E-state index in [4.69, 9.17) is 16.3 Å². The van der Waals surface area contributed by atoms with E-state index in [1.54, 1.807) is 32.9 Å². The molecular formula is C16H24ClFN2O2. The van der Waals surface area contributed by atoms with E-state index in [2.05, 4.69) is 10.6 Å². The van der Waals surface area contributed by atoms with E-state index in [1.807, 2.05) is 13.8 Å². The molecule has 1 aromatic rings. The number of carbonyl (C=O) groups excluding carboxylic acids is 1. The van der Waals surface area contributed by atoms with Gasteiger partial charge in [0, 0.05) is 23.7 Å². The number of rotatable bonds is 5. The lowest BCUT2D eigenvalue weighted by molar-refractivity contribution is 0.0472. The zero-order chi connectivity index (χ0) is 17.0. The minimum Gasteiger partial charge on any atom is -0.444 e. The summed E-state index contributed by atoms with van der Waals surface area (Å²) in [5.41, 5.74) is -0.675. The van der Waals surface area contributed by atoms with Gasteiger partial charge in [0.05, 0.1) is 5.54 Å². The van der Waals surface area contributed by atoms with Crippen LogP contribution in [-0.2, 0) is 11.3 Å². The van der Waals surface area contributed by atoms with Crippen LogP contribution in [0, 0.1) is 5.82 Å². The molecular weight excluding hydrogens is 307 g/mol. The molecule has 0 aliphatic rings. The highest BCUT2D eigenvalue weighted by Gasteiger charge is 2.24. The fourth-order valence-corrected chi connectivity index (χ4v) is 2.06. The number of alkyl carbamates (subject to hydrolysis) is 1. The minimum absolute atomic E-state index is 0.283. The van der Waals surface area contributed by atoms with E-state index in [-0.39, 0.29) is 12.4 Å². The number of hydrogen-bond acceptors (Lipinski definition) is 3. The van der Waals surface area contributed by atoms with Crippen LogP contribution in [-0.4, -0.2) is 23.8 Å². The maximum absolute atomic E-state index is 13.7. The minimum atomic E-state index is -0.547. The molecule has 4 nitrogen and oxygen atoms in total. The van der Waals surface area contributed by atoms with Crippen LogP contribution in [0.5, 0.6) is 0 Å². The van der Waals surface area contributed by atoms with Crippen molar-refractivity contribution in [3.63, 3.8) is 0 Å². The van der Waals surface area contributed by atoms with Gasteiger partial charge in [-0.25, -0.2) is 9.18 Å². The van der Waals surface area contributed by atoms with Crippen LogP contribution in [0.15, 0.2) is 18.2 Å². The molecule has 6 heteroatoms. The van der Waals surface area contributed by atoms with Crippen molar-refractivity contribution < 1.29 is 13.9 Å². The average molecular weight is 331 g/mol. The Hall–Kier alpha value is -1.33. The number of nitrogens with one attached hydrogen (secondary N) is 2. The zero-order valence-electron chi connectivity index (χ0n) is 13.7. The molecule has 0 aliphatic heterocycles. The molecule has 0 saturated heterocycles. The molecule has 1 amide bonds. The molecule has 124 valence electrons. The van der Waals surface area contributed by atoms with E-state index in [0.717, 1.165) is 0 Å². The summed E-state index contributed by atoms with van der Waals surface area (Å²) in [6.07, 6.45) is -0.483. The van der Waals surface area contributed by atoms with Crippen LogP contribution in [0.1, 0.15) is 40.2 Å². The molecule has 0 radical (unpaired) electrons. The quantitative estimate of drug-likeness (QED) is 0.861. The van der Waals surface area contributed by atoms with E-state index in [9.17, 15) is 9.18 Å². The van der Waals surface area contributed by atoms with Crippen LogP contribution >= 0.6 is 11.6 Å². The molecule has 1 rings (SSSR count). The maximum atomic E-state index is 13.7. The van der Waals surface area contributed by atoms with Gasteiger partial charge in [0.25, 0.3) is 0 Å². The number of ether oxygens (including phenoxy) is 1. The first-order chi connectivity index (χ1) is 10.0. The molecule has 0 aliphatic carbocycles. The summed E-state index contributed by atoms with van der Waals surface area (Å²) in [6, 6.07) is 4.58. The summed E-state index contributed by atoms with van der Waals surface area (Å²) in [5, 5.41) is 6.26. The third-order valence-electron chi connectivity index (χ3n) is 2.77. The Morgan fingerprint density at radius 3 is 2.45 bits per heavy atom. The van der Waals surface area contributed by atoms with Crippen molar-refractivity contribution in [1.82, 2.24) is 10.6 Å². The third kappa shape index (κ3) is 6.62. The van der Waals surface area contributed by atoms with Crippen LogP contribution in [0.2, 0.25) is 5.02 Å². The van der Waals surface area contributed by atoms with E-state index >= 15 is 0 Å². The molecule has 0 fully saturated rings. The van der Waals surface area contributed by atoms with Crippen molar-refractivity contribution in [3.8, 4) is 0 Å². The summed E-state index contributed by atoms with van der Waals surface area (Å²) < 4.78 is 18.9. The highest BCUT2D eigenvalue weighted by molar-refractivity contribution is 6.31. The van der Waals surface area contributed by atoms with Crippen molar-refractivity contribution in [1.29, 1.82) is 0 Å². The van der Waals surface area contributed by atoms with E-state index in [0.29, 0.717) is 17.1 Å². The van der Waals surface area contributed by atoms with Gasteiger partial charge < -0.3 is 15.4 Å². The van der Waals surface area contributed by atoms with Crippen LogP contribution in [0.4, 0.5) is 9.18 Å². The maximum Gasteiger partial charge on any atom is 0.408 e. The summed E-state index contributed by atoms with van der Waals surface area (Å²) in [5.74, 6) is -0.349. The smallest absolute Gasteiger partial charge is 0.408 e. The number of benzene rings is 1. The van der Waals surface area contributed by atoms with Crippen molar-refractivity contribution in [3.05, 3.63) is 34.6 Å². The van der Waals surface area contributed by atoms with Crippen LogP contribution in [0.3, 0.4) is 0 Å². The summed E-state index contributed by atoms with van der Waals surface area (Å²) in [6.45, 7) is 9.84. The van der Waals surface area contributed by atoms with Crippen molar-refractivity contribution >= 4 is 17.7 Å². The molecule has 0 saturated carbocycles. The first kappa shape index (κ1) is 18.7. The second-order valence-corrected chi connectivity index (χ2v) is 7.22. The second kappa shape index (κ2) is 7.29. The van der Waals surface area contributed by atoms with Gasteiger partial charge in [-0.2, -0.15) is 0 Å². The van der Waals surface area contributed by atoms with Crippen molar-refractivity contribution in [2.24, 2.45) is 0 Å². The second-order valence-electron chi connectivity index (χ2n) is 6.81. The first-order valence-electron chi connectivity index (χ1n) is 7.15. The van der Waals surface area contributed by atoms with Gasteiger partial charge >= 0.3 is 6.09 Å². The molecule has 0 spiro atoms. The Bertz CT molecular complexity index is 507. The number of carbonyl (C=O) groups is 1. The van der Waals surface area contributed by atoms with Gasteiger partial charge in [0.1, 0.15) is 11.4 Å². The molecule has 0 bridgehead atoms.